The van der Waals surface area contributed by atoms with Gasteiger partial charge in [-0.1, -0.05) is 31.9 Å². The minimum Gasteiger partial charge on any atom is -0.313 e. The molecule has 0 bridgehead atoms. The van der Waals surface area contributed by atoms with E-state index in [9.17, 15) is 14.5 Å². The molecule has 0 aliphatic rings. The van der Waals surface area contributed by atoms with Crippen molar-refractivity contribution in [1.82, 2.24) is 5.32 Å². The largest absolute Gasteiger partial charge is 0.313 e. The first kappa shape index (κ1) is 13.6. The molecule has 0 fully saturated rings. The second-order valence-electron chi connectivity index (χ2n) is 3.89. The zero-order valence-electron chi connectivity index (χ0n) is 9.91. The third-order valence-corrected chi connectivity index (χ3v) is 2.53. The van der Waals surface area contributed by atoms with Crippen LogP contribution in [0.2, 0.25) is 0 Å². The Morgan fingerprint density at radius 3 is 2.82 bits per heavy atom. The van der Waals surface area contributed by atoms with Gasteiger partial charge >= 0.3 is 5.69 Å². The average Bonchev–Trinajstić information content (AvgIpc) is 2.30. The van der Waals surface area contributed by atoms with Gasteiger partial charge in [0.15, 0.2) is 0 Å². The van der Waals surface area contributed by atoms with Crippen LogP contribution in [0, 0.1) is 15.9 Å². The number of unbranched alkanes of at least 4 members (excludes halogenated alkanes) is 2. The molecule has 0 spiro atoms. The monoisotopic (exact) mass is 240 g/mol. The molecule has 0 saturated carbocycles. The molecule has 1 aromatic carbocycles. The Morgan fingerprint density at radius 1 is 1.41 bits per heavy atom. The summed E-state index contributed by atoms with van der Waals surface area (Å²) in [5.74, 6) is -0.736. The first-order chi connectivity index (χ1) is 8.16. The second-order valence-corrected chi connectivity index (χ2v) is 3.89. The molecule has 5 heteroatoms. The highest BCUT2D eigenvalue weighted by molar-refractivity contribution is 5.36. The number of hydrogen-bond donors (Lipinski definition) is 1. The summed E-state index contributed by atoms with van der Waals surface area (Å²) in [5.41, 5.74) is -0.117. The van der Waals surface area contributed by atoms with Crippen molar-refractivity contribution in [3.63, 3.8) is 0 Å². The molecule has 0 amide bonds. The summed E-state index contributed by atoms with van der Waals surface area (Å²) in [4.78, 5) is 9.84. The molecule has 0 aliphatic carbocycles. The molecule has 0 heterocycles. The number of halogens is 1. The highest BCUT2D eigenvalue weighted by Gasteiger charge is 2.16. The Labute approximate surface area is 100.0 Å². The standard InChI is InChI=1S/C12H17FN2O2/c1-2-3-4-8-14-9-10-6-5-7-11(12(10)13)15(16)17/h5-7,14H,2-4,8-9H2,1H3. The summed E-state index contributed by atoms with van der Waals surface area (Å²) in [6.45, 7) is 3.24. The maximum absolute atomic E-state index is 13.6. The topological polar surface area (TPSA) is 55.2 Å². The zero-order chi connectivity index (χ0) is 12.7. The van der Waals surface area contributed by atoms with Crippen molar-refractivity contribution in [3.8, 4) is 0 Å². The van der Waals surface area contributed by atoms with E-state index in [4.69, 9.17) is 0 Å². The highest BCUT2D eigenvalue weighted by Crippen LogP contribution is 2.19. The smallest absolute Gasteiger partial charge is 0.305 e. The van der Waals surface area contributed by atoms with Gasteiger partial charge in [-0.25, -0.2) is 0 Å². The number of rotatable bonds is 7. The lowest BCUT2D eigenvalue weighted by Crippen LogP contribution is -2.15. The van der Waals surface area contributed by atoms with E-state index in [1.807, 2.05) is 0 Å². The maximum Gasteiger partial charge on any atom is 0.305 e. The van der Waals surface area contributed by atoms with Crippen LogP contribution < -0.4 is 5.32 Å². The molecule has 0 aliphatic heterocycles. The predicted octanol–water partition coefficient (Wildman–Crippen LogP) is 3.01. The number of nitrogens with zero attached hydrogens (tertiary/aromatic N) is 1. The van der Waals surface area contributed by atoms with Gasteiger partial charge in [0.2, 0.25) is 5.82 Å². The fraction of sp³-hybridized carbons (Fsp3) is 0.500. The minimum atomic E-state index is -0.736. The lowest BCUT2D eigenvalue weighted by Gasteiger charge is -2.05. The molecule has 0 atom stereocenters. The molecule has 1 rings (SSSR count). The molecule has 0 saturated heterocycles. The van der Waals surface area contributed by atoms with Crippen LogP contribution in [0.1, 0.15) is 31.7 Å². The molecule has 1 N–H and O–H groups in total. The van der Waals surface area contributed by atoms with E-state index in [0.717, 1.165) is 25.8 Å². The molecule has 0 aromatic heterocycles. The fourth-order valence-corrected chi connectivity index (χ4v) is 1.57. The van der Waals surface area contributed by atoms with Crippen molar-refractivity contribution in [2.75, 3.05) is 6.54 Å². The Bertz CT molecular complexity index is 383. The van der Waals surface area contributed by atoms with Gasteiger partial charge in [0.1, 0.15) is 0 Å². The summed E-state index contributed by atoms with van der Waals surface area (Å²) >= 11 is 0. The van der Waals surface area contributed by atoms with Crippen molar-refractivity contribution in [3.05, 3.63) is 39.7 Å². The van der Waals surface area contributed by atoms with Gasteiger partial charge in [0.25, 0.3) is 0 Å². The number of hydrogen-bond acceptors (Lipinski definition) is 3. The van der Waals surface area contributed by atoms with Gasteiger partial charge in [-0.05, 0) is 13.0 Å². The first-order valence-corrected chi connectivity index (χ1v) is 5.79. The summed E-state index contributed by atoms with van der Waals surface area (Å²) in [5, 5.41) is 13.6. The quantitative estimate of drug-likeness (QED) is 0.453. The van der Waals surface area contributed by atoms with E-state index in [1.54, 1.807) is 6.07 Å². The number of benzene rings is 1. The number of nitro groups is 1. The fourth-order valence-electron chi connectivity index (χ4n) is 1.57. The van der Waals surface area contributed by atoms with Crippen LogP contribution in [0.3, 0.4) is 0 Å². The van der Waals surface area contributed by atoms with Crippen LogP contribution >= 0.6 is 0 Å². The van der Waals surface area contributed by atoms with Crippen molar-refractivity contribution < 1.29 is 9.31 Å². The van der Waals surface area contributed by atoms with Gasteiger partial charge in [-0.3, -0.25) is 10.1 Å². The van der Waals surface area contributed by atoms with Crippen molar-refractivity contribution in [2.45, 2.75) is 32.7 Å². The number of nitrogens with one attached hydrogen (secondary N) is 1. The van der Waals surface area contributed by atoms with Gasteiger partial charge in [0.05, 0.1) is 4.92 Å². The Balaban J connectivity index is 2.54. The van der Waals surface area contributed by atoms with Crippen LogP contribution in [0.5, 0.6) is 0 Å². The molecule has 4 nitrogen and oxygen atoms in total. The Morgan fingerprint density at radius 2 is 2.18 bits per heavy atom. The van der Waals surface area contributed by atoms with Crippen LogP contribution in [-0.2, 0) is 6.54 Å². The highest BCUT2D eigenvalue weighted by atomic mass is 19.1. The second kappa shape index (κ2) is 6.96. The molecule has 0 unspecified atom stereocenters. The van der Waals surface area contributed by atoms with E-state index >= 15 is 0 Å². The van der Waals surface area contributed by atoms with E-state index in [1.165, 1.54) is 12.1 Å². The Hall–Kier alpha value is -1.49. The first-order valence-electron chi connectivity index (χ1n) is 5.79. The van der Waals surface area contributed by atoms with E-state index in [0.29, 0.717) is 12.1 Å². The van der Waals surface area contributed by atoms with Crippen molar-refractivity contribution >= 4 is 5.69 Å². The van der Waals surface area contributed by atoms with E-state index < -0.39 is 16.4 Å². The third-order valence-electron chi connectivity index (χ3n) is 2.53. The molecular formula is C12H17FN2O2. The lowest BCUT2D eigenvalue weighted by molar-refractivity contribution is -0.387. The normalized spacial score (nSPS) is 10.5. The summed E-state index contributed by atoms with van der Waals surface area (Å²) < 4.78 is 13.6. The van der Waals surface area contributed by atoms with Crippen molar-refractivity contribution in [1.29, 1.82) is 0 Å². The molecular weight excluding hydrogens is 223 g/mol. The van der Waals surface area contributed by atoms with Crippen LogP contribution in [-0.4, -0.2) is 11.5 Å². The van der Waals surface area contributed by atoms with Crippen molar-refractivity contribution in [2.24, 2.45) is 0 Å². The van der Waals surface area contributed by atoms with Gasteiger partial charge in [-0.15, -0.1) is 0 Å². The lowest BCUT2D eigenvalue weighted by atomic mass is 10.2. The zero-order valence-corrected chi connectivity index (χ0v) is 9.91. The molecule has 94 valence electrons. The van der Waals surface area contributed by atoms with E-state index in [-0.39, 0.29) is 0 Å². The summed E-state index contributed by atoms with van der Waals surface area (Å²) in [7, 11) is 0. The molecule has 17 heavy (non-hydrogen) atoms. The van der Waals surface area contributed by atoms with Gasteiger partial charge in [-0.2, -0.15) is 4.39 Å². The Kier molecular flexibility index (Phi) is 5.56. The SMILES string of the molecule is CCCCCNCc1cccc([N+](=O)[O-])c1F. The third kappa shape index (κ3) is 4.11. The average molecular weight is 240 g/mol. The summed E-state index contributed by atoms with van der Waals surface area (Å²) in [6.07, 6.45) is 3.30. The predicted molar refractivity (Wildman–Crippen MR) is 64.3 cm³/mol. The molecule has 1 aromatic rings. The van der Waals surface area contributed by atoms with Gasteiger partial charge in [0, 0.05) is 18.2 Å². The number of nitro benzene ring substituents is 1. The maximum atomic E-state index is 13.6. The minimum absolute atomic E-state index is 0.331. The summed E-state index contributed by atoms with van der Waals surface area (Å²) in [6, 6.07) is 4.25. The molecule has 0 radical (unpaired) electrons. The van der Waals surface area contributed by atoms with Crippen LogP contribution in [0.25, 0.3) is 0 Å². The van der Waals surface area contributed by atoms with Gasteiger partial charge < -0.3 is 5.32 Å². The van der Waals surface area contributed by atoms with Crippen LogP contribution in [0.4, 0.5) is 10.1 Å². The van der Waals surface area contributed by atoms with Crippen LogP contribution in [0.15, 0.2) is 18.2 Å². The van der Waals surface area contributed by atoms with E-state index in [2.05, 4.69) is 12.2 Å².